The van der Waals surface area contributed by atoms with E-state index in [1.54, 1.807) is 0 Å². The van der Waals surface area contributed by atoms with Crippen LogP contribution in [0, 0.1) is 17.8 Å². The van der Waals surface area contributed by atoms with Crippen molar-refractivity contribution in [2.45, 2.75) is 72.3 Å². The zero-order chi connectivity index (χ0) is 13.1. The van der Waals surface area contributed by atoms with Gasteiger partial charge in [-0.15, -0.1) is 0 Å². The van der Waals surface area contributed by atoms with E-state index in [1.807, 2.05) is 27.7 Å². The Morgan fingerprint density at radius 2 is 1.88 bits per heavy atom. The molecule has 2 bridgehead atoms. The summed E-state index contributed by atoms with van der Waals surface area (Å²) in [5.74, 6) is 1.73. The maximum absolute atomic E-state index is 12.0. The van der Waals surface area contributed by atoms with E-state index in [-0.39, 0.29) is 17.5 Å². The van der Waals surface area contributed by atoms with E-state index in [2.05, 4.69) is 6.92 Å². The summed E-state index contributed by atoms with van der Waals surface area (Å²) in [6.07, 6.45) is 5.83. The minimum Gasteiger partial charge on any atom is -0.459 e. The number of hydrogen-bond donors (Lipinski definition) is 0. The Balaban J connectivity index is 0.000000686. The van der Waals surface area contributed by atoms with Crippen LogP contribution in [0.1, 0.15) is 66.7 Å². The number of esters is 1. The number of carbonyl (C=O) groups is 1. The van der Waals surface area contributed by atoms with E-state index in [9.17, 15) is 4.79 Å². The minimum atomic E-state index is -0.279. The highest BCUT2D eigenvalue weighted by molar-refractivity contribution is 5.73. The highest BCUT2D eigenvalue weighted by Crippen LogP contribution is 2.49. The van der Waals surface area contributed by atoms with E-state index in [0.717, 1.165) is 18.8 Å². The maximum atomic E-state index is 12.0. The summed E-state index contributed by atoms with van der Waals surface area (Å²) in [6.45, 7) is 10.1. The van der Waals surface area contributed by atoms with Crippen LogP contribution in [-0.2, 0) is 9.53 Å². The molecule has 0 saturated heterocycles. The monoisotopic (exact) mass is 240 g/mol. The lowest BCUT2D eigenvalue weighted by atomic mass is 9.89. The van der Waals surface area contributed by atoms with Gasteiger partial charge in [-0.05, 0) is 51.4 Å². The van der Waals surface area contributed by atoms with Gasteiger partial charge in [-0.25, -0.2) is 0 Å². The molecule has 2 fully saturated rings. The summed E-state index contributed by atoms with van der Waals surface area (Å²) in [5, 5.41) is 0. The molecule has 0 aromatic heterocycles. The largest absolute Gasteiger partial charge is 0.459 e. The molecule has 0 amide bonds. The van der Waals surface area contributed by atoms with Crippen molar-refractivity contribution in [2.75, 3.05) is 0 Å². The van der Waals surface area contributed by atoms with Gasteiger partial charge in [0.2, 0.25) is 0 Å². The van der Waals surface area contributed by atoms with Gasteiger partial charge in [0.15, 0.2) is 0 Å². The van der Waals surface area contributed by atoms with Crippen LogP contribution >= 0.6 is 0 Å². The molecule has 0 spiro atoms. The van der Waals surface area contributed by atoms with Crippen LogP contribution < -0.4 is 0 Å². The van der Waals surface area contributed by atoms with Crippen LogP contribution in [0.3, 0.4) is 0 Å². The summed E-state index contributed by atoms with van der Waals surface area (Å²) >= 11 is 0. The van der Waals surface area contributed by atoms with Gasteiger partial charge in [-0.1, -0.05) is 27.2 Å². The van der Waals surface area contributed by atoms with Crippen molar-refractivity contribution in [3.8, 4) is 0 Å². The first-order valence-corrected chi connectivity index (χ1v) is 7.24. The molecule has 0 heterocycles. The summed E-state index contributed by atoms with van der Waals surface area (Å²) in [5.41, 5.74) is -0.279. The first-order valence-electron chi connectivity index (χ1n) is 7.24. The van der Waals surface area contributed by atoms with Gasteiger partial charge in [0, 0.05) is 0 Å². The molecule has 3 atom stereocenters. The number of hydrogen-bond acceptors (Lipinski definition) is 2. The molecule has 17 heavy (non-hydrogen) atoms. The van der Waals surface area contributed by atoms with Crippen LogP contribution in [0.2, 0.25) is 0 Å². The fourth-order valence-corrected chi connectivity index (χ4v) is 2.95. The topological polar surface area (TPSA) is 26.3 Å². The van der Waals surface area contributed by atoms with Crippen LogP contribution in [0.15, 0.2) is 0 Å². The highest BCUT2D eigenvalue weighted by atomic mass is 16.6. The molecule has 0 aromatic carbocycles. The molecule has 0 aromatic rings. The van der Waals surface area contributed by atoms with Crippen molar-refractivity contribution in [3.63, 3.8) is 0 Å². The second-order valence-corrected chi connectivity index (χ2v) is 5.82. The number of rotatable bonds is 3. The zero-order valence-corrected chi connectivity index (χ0v) is 12.1. The second-order valence-electron chi connectivity index (χ2n) is 5.82. The third kappa shape index (κ3) is 3.46. The Kier molecular flexibility index (Phi) is 5.03. The van der Waals surface area contributed by atoms with Crippen molar-refractivity contribution in [1.82, 2.24) is 0 Å². The first kappa shape index (κ1) is 14.5. The molecule has 2 rings (SSSR count). The van der Waals surface area contributed by atoms with E-state index in [4.69, 9.17) is 4.74 Å². The van der Waals surface area contributed by atoms with Gasteiger partial charge >= 0.3 is 5.97 Å². The Bertz CT molecular complexity index is 258. The van der Waals surface area contributed by atoms with Gasteiger partial charge in [0.05, 0.1) is 5.92 Å². The van der Waals surface area contributed by atoms with Gasteiger partial charge < -0.3 is 4.74 Å². The van der Waals surface area contributed by atoms with Crippen LogP contribution in [-0.4, -0.2) is 11.6 Å². The van der Waals surface area contributed by atoms with E-state index in [0.29, 0.717) is 5.92 Å². The van der Waals surface area contributed by atoms with E-state index < -0.39 is 0 Å². The molecule has 2 aliphatic rings. The number of ether oxygens (including phenoxy) is 1. The average molecular weight is 240 g/mol. The van der Waals surface area contributed by atoms with Gasteiger partial charge in [-0.3, -0.25) is 4.79 Å². The molecular formula is C15H28O2. The lowest BCUT2D eigenvalue weighted by Gasteiger charge is -2.28. The Morgan fingerprint density at radius 1 is 1.24 bits per heavy atom. The predicted molar refractivity (Wildman–Crippen MR) is 70.7 cm³/mol. The van der Waals surface area contributed by atoms with Crippen molar-refractivity contribution in [3.05, 3.63) is 0 Å². The molecule has 0 radical (unpaired) electrons. The standard InChI is InChI=1S/C13H22O2.C2H6/c1-4-13(2,3)15-12(14)11-8-9-5-6-10(11)7-9;1-2/h9-11H,4-8H2,1-3H3;1-2H3. The smallest absolute Gasteiger partial charge is 0.309 e. The van der Waals surface area contributed by atoms with Crippen molar-refractivity contribution >= 4 is 5.97 Å². The average Bonchev–Trinajstić information content (AvgIpc) is 2.93. The van der Waals surface area contributed by atoms with Gasteiger partial charge in [-0.2, -0.15) is 0 Å². The van der Waals surface area contributed by atoms with E-state index in [1.165, 1.54) is 19.3 Å². The summed E-state index contributed by atoms with van der Waals surface area (Å²) in [7, 11) is 0. The van der Waals surface area contributed by atoms with Crippen LogP contribution in [0.5, 0.6) is 0 Å². The molecule has 2 saturated carbocycles. The lowest BCUT2D eigenvalue weighted by molar-refractivity contribution is -0.163. The molecule has 0 aliphatic heterocycles. The fourth-order valence-electron chi connectivity index (χ4n) is 2.95. The summed E-state index contributed by atoms with van der Waals surface area (Å²) < 4.78 is 5.58. The first-order chi connectivity index (χ1) is 8.02. The summed E-state index contributed by atoms with van der Waals surface area (Å²) in [6, 6.07) is 0. The Labute approximate surface area is 106 Å². The predicted octanol–water partition coefficient (Wildman–Crippen LogP) is 4.18. The third-order valence-corrected chi connectivity index (χ3v) is 4.27. The fraction of sp³-hybridized carbons (Fsp3) is 0.933. The van der Waals surface area contributed by atoms with Crippen molar-refractivity contribution in [2.24, 2.45) is 17.8 Å². The number of carbonyl (C=O) groups excluding carboxylic acids is 1. The molecular weight excluding hydrogens is 212 g/mol. The molecule has 100 valence electrons. The molecule has 0 N–H and O–H groups in total. The van der Waals surface area contributed by atoms with Crippen LogP contribution in [0.25, 0.3) is 0 Å². The molecule has 2 heteroatoms. The SMILES string of the molecule is CC.CCC(C)(C)OC(=O)C1CC2CCC1C2. The van der Waals surface area contributed by atoms with Gasteiger partial charge in [0.1, 0.15) is 5.60 Å². The quantitative estimate of drug-likeness (QED) is 0.692. The molecule has 2 aliphatic carbocycles. The Hall–Kier alpha value is -0.530. The lowest BCUT2D eigenvalue weighted by Crippen LogP contribution is -2.32. The third-order valence-electron chi connectivity index (χ3n) is 4.27. The normalized spacial score (nSPS) is 30.8. The molecule has 3 unspecified atom stereocenters. The second kappa shape index (κ2) is 5.88. The Morgan fingerprint density at radius 3 is 2.29 bits per heavy atom. The van der Waals surface area contributed by atoms with E-state index >= 15 is 0 Å². The minimum absolute atomic E-state index is 0.0639. The number of fused-ring (bicyclic) bond motifs is 2. The molecule has 2 nitrogen and oxygen atoms in total. The van der Waals surface area contributed by atoms with Crippen LogP contribution in [0.4, 0.5) is 0 Å². The zero-order valence-electron chi connectivity index (χ0n) is 12.1. The van der Waals surface area contributed by atoms with Crippen molar-refractivity contribution < 1.29 is 9.53 Å². The maximum Gasteiger partial charge on any atom is 0.309 e. The van der Waals surface area contributed by atoms with Gasteiger partial charge in [0.25, 0.3) is 0 Å². The van der Waals surface area contributed by atoms with Crippen molar-refractivity contribution in [1.29, 1.82) is 0 Å². The highest BCUT2D eigenvalue weighted by Gasteiger charge is 2.44. The summed E-state index contributed by atoms with van der Waals surface area (Å²) in [4.78, 5) is 12.0.